The third-order valence-electron chi connectivity index (χ3n) is 5.29. The Balaban J connectivity index is 1.58. The van der Waals surface area contributed by atoms with Gasteiger partial charge in [-0.15, -0.1) is 0 Å². The number of ether oxygens (including phenoxy) is 1. The first kappa shape index (κ1) is 19.8. The second kappa shape index (κ2) is 7.08. The van der Waals surface area contributed by atoms with Crippen LogP contribution in [0.4, 0.5) is 18.0 Å². The van der Waals surface area contributed by atoms with Crippen molar-refractivity contribution in [2.45, 2.75) is 32.0 Å². The fourth-order valence-corrected chi connectivity index (χ4v) is 4.12. The van der Waals surface area contributed by atoms with E-state index in [1.165, 1.54) is 18.0 Å². The largest absolute Gasteiger partial charge is 0.448 e. The highest BCUT2D eigenvalue weighted by Crippen LogP contribution is 2.35. The smallest absolute Gasteiger partial charge is 0.419 e. The van der Waals surface area contributed by atoms with Crippen LogP contribution in [-0.2, 0) is 10.9 Å². The lowest BCUT2D eigenvalue weighted by molar-refractivity contribution is -0.136. The van der Waals surface area contributed by atoms with E-state index in [1.807, 2.05) is 0 Å². The molecule has 2 aliphatic rings. The minimum absolute atomic E-state index is 0.0231. The maximum Gasteiger partial charge on any atom is 0.419 e. The molecule has 29 heavy (non-hydrogen) atoms. The van der Waals surface area contributed by atoms with Gasteiger partial charge in [0, 0.05) is 25.3 Å². The summed E-state index contributed by atoms with van der Waals surface area (Å²) in [5.41, 5.74) is -1.20. The molecule has 0 atom stereocenters. The molecule has 7 nitrogen and oxygen atoms in total. The molecule has 0 saturated carbocycles. The highest BCUT2D eigenvalue weighted by atomic mass is 35.5. The second-order valence-electron chi connectivity index (χ2n) is 7.20. The van der Waals surface area contributed by atoms with Crippen LogP contribution in [0.15, 0.2) is 12.3 Å². The zero-order chi connectivity index (χ0) is 20.9. The van der Waals surface area contributed by atoms with Crippen LogP contribution in [0.1, 0.15) is 34.5 Å². The van der Waals surface area contributed by atoms with Crippen LogP contribution in [-0.4, -0.2) is 63.5 Å². The van der Waals surface area contributed by atoms with Gasteiger partial charge in [-0.3, -0.25) is 9.20 Å². The molecule has 2 aliphatic heterocycles. The van der Waals surface area contributed by atoms with Crippen LogP contribution < -0.4 is 0 Å². The molecule has 0 spiro atoms. The Kier molecular flexibility index (Phi) is 4.84. The number of halogens is 4. The number of hydrogen-bond acceptors (Lipinski definition) is 4. The fourth-order valence-electron chi connectivity index (χ4n) is 3.87. The summed E-state index contributed by atoms with van der Waals surface area (Å²) in [6, 6.07) is 0.957. The molecule has 11 heteroatoms. The standard InChI is InChI=1S/C18H18ClF3N4O3/c1-10-8-12(18(20,21)22)15-23-13(14(19)26(15)9-10)16(27)24-4-2-11(3-5-24)25-6-7-29-17(25)28/h8-9,11H,2-7H2,1H3. The van der Waals surface area contributed by atoms with Gasteiger partial charge < -0.3 is 14.5 Å². The number of imidazole rings is 1. The van der Waals surface area contributed by atoms with E-state index in [-0.39, 0.29) is 23.0 Å². The Morgan fingerprint density at radius 3 is 2.55 bits per heavy atom. The first-order chi connectivity index (χ1) is 13.7. The molecule has 4 heterocycles. The first-order valence-corrected chi connectivity index (χ1v) is 9.52. The normalized spacial score (nSPS) is 18.6. The van der Waals surface area contributed by atoms with Crippen molar-refractivity contribution in [3.63, 3.8) is 0 Å². The summed E-state index contributed by atoms with van der Waals surface area (Å²) in [5.74, 6) is -0.521. The second-order valence-corrected chi connectivity index (χ2v) is 7.56. The number of aryl methyl sites for hydroxylation is 1. The molecular weight excluding hydrogens is 413 g/mol. The fraction of sp³-hybridized carbons (Fsp3) is 0.500. The van der Waals surface area contributed by atoms with E-state index in [0.29, 0.717) is 44.6 Å². The number of rotatable bonds is 2. The lowest BCUT2D eigenvalue weighted by atomic mass is 10.0. The maximum absolute atomic E-state index is 13.4. The van der Waals surface area contributed by atoms with Gasteiger partial charge in [0.05, 0.1) is 12.1 Å². The van der Waals surface area contributed by atoms with Crippen LogP contribution in [0.3, 0.4) is 0 Å². The van der Waals surface area contributed by atoms with Crippen molar-refractivity contribution < 1.29 is 27.5 Å². The number of piperidine rings is 1. The Bertz CT molecular complexity index is 983. The molecule has 0 radical (unpaired) electrons. The van der Waals surface area contributed by atoms with Crippen molar-refractivity contribution in [3.8, 4) is 0 Å². The van der Waals surface area contributed by atoms with E-state index >= 15 is 0 Å². The molecule has 2 aromatic rings. The maximum atomic E-state index is 13.4. The summed E-state index contributed by atoms with van der Waals surface area (Å²) in [4.78, 5) is 31.7. The van der Waals surface area contributed by atoms with Gasteiger partial charge in [0.15, 0.2) is 11.3 Å². The third kappa shape index (κ3) is 3.50. The Morgan fingerprint density at radius 2 is 1.97 bits per heavy atom. The molecule has 2 aromatic heterocycles. The highest BCUT2D eigenvalue weighted by Gasteiger charge is 2.37. The number of cyclic esters (lactones) is 1. The van der Waals surface area contributed by atoms with Gasteiger partial charge in [0.1, 0.15) is 11.8 Å². The van der Waals surface area contributed by atoms with Gasteiger partial charge in [-0.2, -0.15) is 13.2 Å². The number of carbonyl (C=O) groups is 2. The number of amides is 2. The molecule has 0 N–H and O–H groups in total. The van der Waals surface area contributed by atoms with Gasteiger partial charge in [0.25, 0.3) is 5.91 Å². The SMILES string of the molecule is Cc1cc(C(F)(F)F)c2nc(C(=O)N3CCC(N4CCOC4=O)CC3)c(Cl)n2c1. The van der Waals surface area contributed by atoms with Crippen LogP contribution in [0.25, 0.3) is 5.65 Å². The average molecular weight is 431 g/mol. The topological polar surface area (TPSA) is 67.2 Å². The first-order valence-electron chi connectivity index (χ1n) is 9.15. The number of alkyl halides is 3. The van der Waals surface area contributed by atoms with Crippen molar-refractivity contribution >= 4 is 29.2 Å². The van der Waals surface area contributed by atoms with Crippen LogP contribution in [0, 0.1) is 6.92 Å². The van der Waals surface area contributed by atoms with Crippen molar-refractivity contribution in [2.75, 3.05) is 26.2 Å². The van der Waals surface area contributed by atoms with E-state index < -0.39 is 23.3 Å². The molecule has 0 aromatic carbocycles. The lowest BCUT2D eigenvalue weighted by Crippen LogP contribution is -2.47. The average Bonchev–Trinajstić information content (AvgIpc) is 3.24. The minimum Gasteiger partial charge on any atom is -0.448 e. The number of fused-ring (bicyclic) bond motifs is 1. The monoisotopic (exact) mass is 430 g/mol. The van der Waals surface area contributed by atoms with E-state index in [2.05, 4.69) is 4.98 Å². The van der Waals surface area contributed by atoms with Gasteiger partial charge in [-0.05, 0) is 31.4 Å². The summed E-state index contributed by atoms with van der Waals surface area (Å²) >= 11 is 6.23. The Morgan fingerprint density at radius 1 is 1.28 bits per heavy atom. The number of pyridine rings is 1. The van der Waals surface area contributed by atoms with Crippen molar-refractivity contribution in [3.05, 3.63) is 34.2 Å². The molecule has 2 amide bonds. The predicted molar refractivity (Wildman–Crippen MR) is 96.9 cm³/mol. The summed E-state index contributed by atoms with van der Waals surface area (Å²) in [6.45, 7) is 3.09. The van der Waals surface area contributed by atoms with Gasteiger partial charge in [-0.1, -0.05) is 11.6 Å². The molecule has 0 unspecified atom stereocenters. The predicted octanol–water partition coefficient (Wildman–Crippen LogP) is 3.37. The molecular formula is C18H18ClF3N4O3. The number of nitrogens with zero attached hydrogens (tertiary/aromatic N) is 4. The quantitative estimate of drug-likeness (QED) is 0.732. The summed E-state index contributed by atoms with van der Waals surface area (Å²) in [5, 5.41) is -0.149. The van der Waals surface area contributed by atoms with Gasteiger partial charge in [-0.25, -0.2) is 9.78 Å². The van der Waals surface area contributed by atoms with E-state index in [9.17, 15) is 22.8 Å². The molecule has 2 fully saturated rings. The molecule has 0 bridgehead atoms. The van der Waals surface area contributed by atoms with Crippen molar-refractivity contribution in [2.24, 2.45) is 0 Å². The van der Waals surface area contributed by atoms with Crippen molar-refractivity contribution in [1.29, 1.82) is 0 Å². The zero-order valence-electron chi connectivity index (χ0n) is 15.5. The van der Waals surface area contributed by atoms with Crippen LogP contribution >= 0.6 is 11.6 Å². The zero-order valence-corrected chi connectivity index (χ0v) is 16.3. The molecule has 2 saturated heterocycles. The Labute approximate surface area is 169 Å². The summed E-state index contributed by atoms with van der Waals surface area (Å²) in [6.07, 6.45) is -2.45. The lowest BCUT2D eigenvalue weighted by Gasteiger charge is -2.35. The summed E-state index contributed by atoms with van der Waals surface area (Å²) < 4.78 is 46.2. The molecule has 156 valence electrons. The summed E-state index contributed by atoms with van der Waals surface area (Å²) in [7, 11) is 0. The number of carbonyl (C=O) groups excluding carboxylic acids is 2. The number of hydrogen-bond donors (Lipinski definition) is 0. The van der Waals surface area contributed by atoms with Gasteiger partial charge >= 0.3 is 12.3 Å². The molecule has 4 rings (SSSR count). The third-order valence-corrected chi connectivity index (χ3v) is 5.65. The number of aromatic nitrogens is 2. The van der Waals surface area contributed by atoms with Crippen LogP contribution in [0.5, 0.6) is 0 Å². The van der Waals surface area contributed by atoms with E-state index in [4.69, 9.17) is 16.3 Å². The van der Waals surface area contributed by atoms with E-state index in [0.717, 1.165) is 10.5 Å². The highest BCUT2D eigenvalue weighted by molar-refractivity contribution is 6.33. The number of likely N-dealkylation sites (tertiary alicyclic amines) is 1. The van der Waals surface area contributed by atoms with Gasteiger partial charge in [0.2, 0.25) is 0 Å². The Hall–Kier alpha value is -2.49. The molecule has 0 aliphatic carbocycles. The van der Waals surface area contributed by atoms with Crippen molar-refractivity contribution in [1.82, 2.24) is 19.2 Å². The van der Waals surface area contributed by atoms with E-state index in [1.54, 1.807) is 4.90 Å². The minimum atomic E-state index is -4.62. The van der Waals surface area contributed by atoms with Crippen LogP contribution in [0.2, 0.25) is 5.15 Å².